The number of Topliss-reactive ketones (excluding diaryl/α,β-unsaturated/α-hetero) is 1. The van der Waals surface area contributed by atoms with E-state index in [4.69, 9.17) is 13.9 Å². The van der Waals surface area contributed by atoms with Crippen molar-refractivity contribution in [2.75, 3.05) is 13.2 Å². The zero-order valence-corrected chi connectivity index (χ0v) is 30.6. The lowest BCUT2D eigenvalue weighted by Crippen LogP contribution is -2.41. The molecule has 1 N–H and O–H groups in total. The molecule has 1 unspecified atom stereocenters. The van der Waals surface area contributed by atoms with E-state index < -0.39 is 23.2 Å². The number of aromatic amines is 1. The summed E-state index contributed by atoms with van der Waals surface area (Å²) >= 11 is 0. The summed E-state index contributed by atoms with van der Waals surface area (Å²) in [7, 11) is 0. The minimum absolute atomic E-state index is 0.0351. The number of hydrogen-bond acceptors (Lipinski definition) is 9. The molecule has 1 aliphatic rings. The number of fused-ring (bicyclic) bond motifs is 1. The van der Waals surface area contributed by atoms with Crippen LogP contribution >= 0.6 is 0 Å². The molecule has 1 fully saturated rings. The van der Waals surface area contributed by atoms with Crippen LogP contribution in [0.1, 0.15) is 82.0 Å². The summed E-state index contributed by atoms with van der Waals surface area (Å²) in [6.45, 7) is 7.92. The Morgan fingerprint density at radius 3 is 1.92 bits per heavy atom. The van der Waals surface area contributed by atoms with E-state index in [2.05, 4.69) is 4.98 Å². The van der Waals surface area contributed by atoms with Crippen LogP contribution in [0.4, 0.5) is 0 Å². The molecule has 1 atom stereocenters. The Bertz CT molecular complexity index is 2150. The summed E-state index contributed by atoms with van der Waals surface area (Å²) in [6.07, 6.45) is 3.83. The van der Waals surface area contributed by atoms with Gasteiger partial charge in [-0.3, -0.25) is 28.7 Å². The van der Waals surface area contributed by atoms with E-state index in [9.17, 15) is 28.8 Å². The Morgan fingerprint density at radius 1 is 0.811 bits per heavy atom. The van der Waals surface area contributed by atoms with Gasteiger partial charge >= 0.3 is 23.3 Å². The molecule has 5 aromatic rings. The van der Waals surface area contributed by atoms with Crippen molar-refractivity contribution in [1.29, 1.82) is 0 Å². The average molecular weight is 723 g/mol. The van der Waals surface area contributed by atoms with Crippen molar-refractivity contribution in [2.24, 2.45) is 0 Å². The van der Waals surface area contributed by atoms with Crippen LogP contribution in [0.15, 0.2) is 110 Å². The smallest absolute Gasteiger partial charge is 0.345 e. The minimum atomic E-state index is -0.772. The first-order valence-corrected chi connectivity index (χ1v) is 18.0. The molecular formula is C42H46N2O9. The predicted octanol–water partition coefficient (Wildman–Crippen LogP) is 6.70. The summed E-state index contributed by atoms with van der Waals surface area (Å²) in [6, 6.07) is 27.7. The minimum Gasteiger partial charge on any atom is -0.466 e. The Morgan fingerprint density at radius 2 is 1.40 bits per heavy atom. The summed E-state index contributed by atoms with van der Waals surface area (Å²) in [5.41, 5.74) is 1.94. The molecular weight excluding hydrogens is 676 g/mol. The van der Waals surface area contributed by atoms with Crippen molar-refractivity contribution in [1.82, 2.24) is 9.55 Å². The molecule has 1 aliphatic carbocycles. The number of aromatic nitrogens is 2. The molecule has 2 heterocycles. The maximum absolute atomic E-state index is 13.0. The molecule has 11 nitrogen and oxygen atoms in total. The second kappa shape index (κ2) is 19.7. The maximum atomic E-state index is 13.0. The number of esters is 2. The second-order valence-corrected chi connectivity index (χ2v) is 12.2. The predicted molar refractivity (Wildman–Crippen MR) is 203 cm³/mol. The van der Waals surface area contributed by atoms with Gasteiger partial charge in [-0.25, -0.2) is 9.59 Å². The normalized spacial score (nSPS) is 12.6. The average Bonchev–Trinajstić information content (AvgIpc) is 3.14. The number of ketones is 1. The lowest BCUT2D eigenvalue weighted by molar-refractivity contribution is -0.148. The van der Waals surface area contributed by atoms with Gasteiger partial charge in [0.15, 0.2) is 5.78 Å². The lowest BCUT2D eigenvalue weighted by Gasteiger charge is -2.26. The lowest BCUT2D eigenvalue weighted by atomic mass is 9.92. The van der Waals surface area contributed by atoms with E-state index >= 15 is 0 Å². The molecule has 0 amide bonds. The first-order chi connectivity index (χ1) is 25.6. The molecule has 11 heteroatoms. The largest absolute Gasteiger partial charge is 0.466 e. The van der Waals surface area contributed by atoms with Crippen molar-refractivity contribution in [2.45, 2.75) is 78.2 Å². The fourth-order valence-electron chi connectivity index (χ4n) is 5.99. The van der Waals surface area contributed by atoms with Crippen molar-refractivity contribution >= 4 is 28.8 Å². The molecule has 0 bridgehead atoms. The summed E-state index contributed by atoms with van der Waals surface area (Å²) in [5.74, 6) is -1.50. The molecule has 0 spiro atoms. The fraction of sp³-hybridized carbons (Fsp3) is 0.333. The van der Waals surface area contributed by atoms with Gasteiger partial charge < -0.3 is 13.9 Å². The Balaban J connectivity index is 0.000000193. The Hall–Kier alpha value is -5.84. The summed E-state index contributed by atoms with van der Waals surface area (Å²) in [5, 5.41) is 0.299. The monoisotopic (exact) mass is 722 g/mol. The van der Waals surface area contributed by atoms with Gasteiger partial charge in [-0.2, -0.15) is 0 Å². The zero-order valence-electron chi connectivity index (χ0n) is 30.6. The zero-order chi connectivity index (χ0) is 38.3. The third-order valence-electron chi connectivity index (χ3n) is 8.78. The first kappa shape index (κ1) is 39.9. The van der Waals surface area contributed by atoms with E-state index in [1.165, 1.54) is 4.57 Å². The van der Waals surface area contributed by atoms with E-state index in [1.807, 2.05) is 92.7 Å². The number of carbonyl (C=O) groups excluding carboxylic acids is 3. The summed E-state index contributed by atoms with van der Waals surface area (Å²) in [4.78, 5) is 74.9. The van der Waals surface area contributed by atoms with Crippen LogP contribution in [0.3, 0.4) is 0 Å². The van der Waals surface area contributed by atoms with Gasteiger partial charge in [-0.05, 0) is 61.8 Å². The van der Waals surface area contributed by atoms with Crippen LogP contribution < -0.4 is 16.9 Å². The summed E-state index contributed by atoms with van der Waals surface area (Å²) < 4.78 is 16.3. The van der Waals surface area contributed by atoms with Crippen LogP contribution in [0.5, 0.6) is 0 Å². The molecule has 278 valence electrons. The molecule has 2 aromatic heterocycles. The molecule has 0 radical (unpaired) electrons. The fourth-order valence-corrected chi connectivity index (χ4v) is 5.99. The van der Waals surface area contributed by atoms with Crippen LogP contribution in [-0.2, 0) is 36.7 Å². The highest BCUT2D eigenvalue weighted by Gasteiger charge is 2.28. The highest BCUT2D eigenvalue weighted by molar-refractivity contribution is 6.04. The topological polar surface area (TPSA) is 155 Å². The number of ether oxygens (including phenoxy) is 2. The molecule has 3 aromatic carbocycles. The van der Waals surface area contributed by atoms with Crippen LogP contribution in [0.2, 0.25) is 0 Å². The van der Waals surface area contributed by atoms with Crippen LogP contribution in [0, 0.1) is 0 Å². The van der Waals surface area contributed by atoms with Crippen molar-refractivity contribution in [3.63, 3.8) is 0 Å². The van der Waals surface area contributed by atoms with Crippen LogP contribution in [0.25, 0.3) is 22.2 Å². The number of nitrogens with zero attached hydrogens (tertiary/aromatic N) is 1. The Kier molecular flexibility index (Phi) is 14.8. The quantitative estimate of drug-likeness (QED) is 0.116. The highest BCUT2D eigenvalue weighted by Crippen LogP contribution is 2.30. The molecule has 53 heavy (non-hydrogen) atoms. The molecule has 6 rings (SSSR count). The number of H-pyrrole nitrogens is 1. The van der Waals surface area contributed by atoms with E-state index in [0.717, 1.165) is 24.8 Å². The van der Waals surface area contributed by atoms with Gasteiger partial charge in [0.2, 0.25) is 5.71 Å². The molecule has 1 saturated carbocycles. The SMILES string of the molecule is CCOC(=O)C(C(=O)CC)c1ccccc1.CCOC(=O)Cc1ccccc1.CCc1c(-c2ccccc2)c(=O)oc2[nH]c(=O)n(C3CCC3)c(=O)c12. The van der Waals surface area contributed by atoms with Gasteiger partial charge in [0, 0.05) is 12.5 Å². The number of rotatable bonds is 11. The van der Waals surface area contributed by atoms with Crippen molar-refractivity contribution < 1.29 is 28.3 Å². The standard InChI is InChI=1S/C19H18N2O4.C13H16O3.C10H12O2/c1-2-13-14(11-7-4-3-5-8-11)18(23)25-16-15(13)17(22)21(19(24)20-16)12-9-6-10-12;1-3-11(14)12(13(15)16-4-2)10-8-6-5-7-9-10;1-2-12-10(11)8-9-6-4-3-5-7-9/h3-5,7-8,12H,2,6,9-10H2,1H3,(H,20,24);5-9,12H,3-4H2,1-2H3;3-7H,2,8H2,1H3. The van der Waals surface area contributed by atoms with Gasteiger partial charge in [-0.15, -0.1) is 0 Å². The second-order valence-electron chi connectivity index (χ2n) is 12.2. The van der Waals surface area contributed by atoms with Crippen molar-refractivity contribution in [3.05, 3.63) is 139 Å². The molecule has 0 aliphatic heterocycles. The van der Waals surface area contributed by atoms with Crippen molar-refractivity contribution in [3.8, 4) is 11.1 Å². The van der Waals surface area contributed by atoms with E-state index in [-0.39, 0.29) is 29.1 Å². The third kappa shape index (κ3) is 10.2. The van der Waals surface area contributed by atoms with Gasteiger partial charge in [-0.1, -0.05) is 105 Å². The maximum Gasteiger partial charge on any atom is 0.345 e. The number of hydrogen-bond donors (Lipinski definition) is 1. The van der Waals surface area contributed by atoms with Gasteiger partial charge in [0.05, 0.1) is 25.2 Å². The highest BCUT2D eigenvalue weighted by atomic mass is 16.5. The van der Waals surface area contributed by atoms with E-state index in [0.29, 0.717) is 60.1 Å². The van der Waals surface area contributed by atoms with Gasteiger partial charge in [0.25, 0.3) is 5.56 Å². The number of benzene rings is 3. The Labute approximate surface area is 307 Å². The number of aryl methyl sites for hydroxylation is 1. The third-order valence-corrected chi connectivity index (χ3v) is 8.78. The first-order valence-electron chi connectivity index (χ1n) is 18.0. The van der Waals surface area contributed by atoms with Crippen LogP contribution in [-0.4, -0.2) is 40.5 Å². The number of nitrogens with one attached hydrogen (secondary N) is 1. The number of carbonyl (C=O) groups is 3. The molecule has 0 saturated heterocycles. The van der Waals surface area contributed by atoms with Gasteiger partial charge in [0.1, 0.15) is 11.3 Å². The van der Waals surface area contributed by atoms with E-state index in [1.54, 1.807) is 26.0 Å².